The lowest BCUT2D eigenvalue weighted by molar-refractivity contribution is 0.497. The molecule has 0 saturated carbocycles. The van der Waals surface area contributed by atoms with Crippen molar-refractivity contribution in [2.24, 2.45) is 0 Å². The molecular weight excluding hydrogens is 231 g/mol. The summed E-state index contributed by atoms with van der Waals surface area (Å²) in [5, 5.41) is 11.8. The number of halogens is 1. The Morgan fingerprint density at radius 2 is 2.28 bits per heavy atom. The zero-order valence-corrected chi connectivity index (χ0v) is 9.98. The van der Waals surface area contributed by atoms with Crippen molar-refractivity contribution in [3.05, 3.63) is 53.7 Å². The molecular formula is C14H13FN2O. The maximum atomic E-state index is 13.4. The summed E-state index contributed by atoms with van der Waals surface area (Å²) in [6.45, 7) is 1.98. The van der Waals surface area contributed by atoms with Gasteiger partial charge in [-0.2, -0.15) is 5.26 Å². The summed E-state index contributed by atoms with van der Waals surface area (Å²) in [5.74, 6) is 0.372. The number of nitrogens with one attached hydrogen (secondary N) is 1. The summed E-state index contributed by atoms with van der Waals surface area (Å²) in [4.78, 5) is 0. The molecule has 1 aromatic heterocycles. The third-order valence-corrected chi connectivity index (χ3v) is 2.59. The highest BCUT2D eigenvalue weighted by molar-refractivity contribution is 5.48. The lowest BCUT2D eigenvalue weighted by Gasteiger charge is -2.14. The second-order valence-corrected chi connectivity index (χ2v) is 4.14. The van der Waals surface area contributed by atoms with Crippen LogP contribution in [0.25, 0.3) is 0 Å². The van der Waals surface area contributed by atoms with Gasteiger partial charge in [0.1, 0.15) is 17.6 Å². The van der Waals surface area contributed by atoms with E-state index in [1.165, 1.54) is 12.1 Å². The Balaban J connectivity index is 2.01. The maximum Gasteiger partial charge on any atom is 0.143 e. The fourth-order valence-electron chi connectivity index (χ4n) is 1.76. The van der Waals surface area contributed by atoms with E-state index in [9.17, 15) is 4.39 Å². The Hall–Kier alpha value is -2.28. The highest BCUT2D eigenvalue weighted by atomic mass is 19.1. The molecule has 1 aromatic carbocycles. The number of nitriles is 1. The minimum atomic E-state index is -0.507. The summed E-state index contributed by atoms with van der Waals surface area (Å²) >= 11 is 0. The molecule has 1 atom stereocenters. The van der Waals surface area contributed by atoms with Gasteiger partial charge in [-0.25, -0.2) is 4.39 Å². The van der Waals surface area contributed by atoms with Crippen LogP contribution in [0.4, 0.5) is 10.1 Å². The first-order chi connectivity index (χ1) is 8.69. The SMILES string of the molecule is CC(Cc1ccco1)Nc1ccc(C#N)c(F)c1. The average Bonchev–Trinajstić information content (AvgIpc) is 2.82. The highest BCUT2D eigenvalue weighted by Gasteiger charge is 2.07. The summed E-state index contributed by atoms with van der Waals surface area (Å²) in [5.41, 5.74) is 0.713. The predicted molar refractivity (Wildman–Crippen MR) is 66.6 cm³/mol. The van der Waals surface area contributed by atoms with Crippen LogP contribution in [0.3, 0.4) is 0 Å². The van der Waals surface area contributed by atoms with Gasteiger partial charge in [-0.05, 0) is 37.3 Å². The number of hydrogen-bond donors (Lipinski definition) is 1. The third kappa shape index (κ3) is 2.89. The average molecular weight is 244 g/mol. The minimum Gasteiger partial charge on any atom is -0.469 e. The van der Waals surface area contributed by atoms with Crippen LogP contribution in [0.2, 0.25) is 0 Å². The zero-order valence-electron chi connectivity index (χ0n) is 9.98. The molecule has 1 heterocycles. The molecule has 0 spiro atoms. The van der Waals surface area contributed by atoms with E-state index in [0.717, 1.165) is 5.76 Å². The van der Waals surface area contributed by atoms with Gasteiger partial charge in [0, 0.05) is 18.2 Å². The molecule has 0 aliphatic rings. The summed E-state index contributed by atoms with van der Waals surface area (Å²) in [7, 11) is 0. The molecule has 0 saturated heterocycles. The van der Waals surface area contributed by atoms with Crippen LogP contribution in [0.1, 0.15) is 18.2 Å². The van der Waals surface area contributed by atoms with Gasteiger partial charge in [-0.3, -0.25) is 0 Å². The third-order valence-electron chi connectivity index (χ3n) is 2.59. The summed E-state index contributed by atoms with van der Waals surface area (Å²) in [6, 6.07) is 10.1. The molecule has 1 unspecified atom stereocenters. The first-order valence-electron chi connectivity index (χ1n) is 5.67. The van der Waals surface area contributed by atoms with E-state index < -0.39 is 5.82 Å². The molecule has 18 heavy (non-hydrogen) atoms. The second kappa shape index (κ2) is 5.37. The van der Waals surface area contributed by atoms with Crippen molar-refractivity contribution in [3.8, 4) is 6.07 Å². The Morgan fingerprint density at radius 3 is 2.89 bits per heavy atom. The Morgan fingerprint density at radius 1 is 1.44 bits per heavy atom. The topological polar surface area (TPSA) is 49.0 Å². The normalized spacial score (nSPS) is 11.8. The van der Waals surface area contributed by atoms with E-state index in [-0.39, 0.29) is 11.6 Å². The number of anilines is 1. The monoisotopic (exact) mass is 244 g/mol. The van der Waals surface area contributed by atoms with E-state index in [2.05, 4.69) is 5.32 Å². The number of rotatable bonds is 4. The van der Waals surface area contributed by atoms with Crippen molar-refractivity contribution in [1.82, 2.24) is 0 Å². The minimum absolute atomic E-state index is 0.0548. The fourth-order valence-corrected chi connectivity index (χ4v) is 1.76. The standard InChI is InChI=1S/C14H13FN2O/c1-10(7-13-3-2-6-18-13)17-12-5-4-11(9-16)14(15)8-12/h2-6,8,10,17H,7H2,1H3. The van der Waals surface area contributed by atoms with Gasteiger partial charge in [0.25, 0.3) is 0 Å². The number of furan rings is 1. The van der Waals surface area contributed by atoms with Gasteiger partial charge < -0.3 is 9.73 Å². The van der Waals surface area contributed by atoms with Crippen LogP contribution in [-0.4, -0.2) is 6.04 Å². The molecule has 2 aromatic rings. The smallest absolute Gasteiger partial charge is 0.143 e. The van der Waals surface area contributed by atoms with Crippen LogP contribution in [0.5, 0.6) is 0 Å². The van der Waals surface area contributed by atoms with Crippen LogP contribution >= 0.6 is 0 Å². The van der Waals surface area contributed by atoms with Gasteiger partial charge in [-0.15, -0.1) is 0 Å². The van der Waals surface area contributed by atoms with Crippen molar-refractivity contribution < 1.29 is 8.81 Å². The van der Waals surface area contributed by atoms with Gasteiger partial charge in [0.15, 0.2) is 0 Å². The van der Waals surface area contributed by atoms with Crippen LogP contribution in [0, 0.1) is 17.1 Å². The lowest BCUT2D eigenvalue weighted by Crippen LogP contribution is -2.17. The molecule has 3 nitrogen and oxygen atoms in total. The molecule has 0 bridgehead atoms. The molecule has 92 valence electrons. The molecule has 0 aliphatic carbocycles. The van der Waals surface area contributed by atoms with Crippen molar-refractivity contribution >= 4 is 5.69 Å². The summed E-state index contributed by atoms with van der Waals surface area (Å²) in [6.07, 6.45) is 2.35. The molecule has 0 radical (unpaired) electrons. The highest BCUT2D eigenvalue weighted by Crippen LogP contribution is 2.16. The van der Waals surface area contributed by atoms with E-state index >= 15 is 0 Å². The van der Waals surface area contributed by atoms with Gasteiger partial charge in [-0.1, -0.05) is 0 Å². The second-order valence-electron chi connectivity index (χ2n) is 4.14. The number of hydrogen-bond acceptors (Lipinski definition) is 3. The quantitative estimate of drug-likeness (QED) is 0.897. The molecule has 1 N–H and O–H groups in total. The Labute approximate surface area is 105 Å². The molecule has 2 rings (SSSR count). The number of benzene rings is 1. The molecule has 0 amide bonds. The van der Waals surface area contributed by atoms with Crippen molar-refractivity contribution in [1.29, 1.82) is 5.26 Å². The first-order valence-corrected chi connectivity index (χ1v) is 5.67. The van der Waals surface area contributed by atoms with Crippen LogP contribution < -0.4 is 5.32 Å². The fraction of sp³-hybridized carbons (Fsp3) is 0.214. The lowest BCUT2D eigenvalue weighted by atomic mass is 10.1. The largest absolute Gasteiger partial charge is 0.469 e. The summed E-state index contributed by atoms with van der Waals surface area (Å²) < 4.78 is 18.6. The zero-order chi connectivity index (χ0) is 13.0. The van der Waals surface area contributed by atoms with Crippen LogP contribution in [-0.2, 0) is 6.42 Å². The van der Waals surface area contributed by atoms with Crippen molar-refractivity contribution in [2.75, 3.05) is 5.32 Å². The van der Waals surface area contributed by atoms with Crippen LogP contribution in [0.15, 0.2) is 41.0 Å². The van der Waals surface area contributed by atoms with Crippen molar-refractivity contribution in [3.63, 3.8) is 0 Å². The predicted octanol–water partition coefficient (Wildman–Crippen LogP) is 3.33. The van der Waals surface area contributed by atoms with Gasteiger partial charge >= 0.3 is 0 Å². The Kier molecular flexibility index (Phi) is 3.63. The maximum absolute atomic E-state index is 13.4. The van der Waals surface area contributed by atoms with Gasteiger partial charge in [0.05, 0.1) is 11.8 Å². The molecule has 4 heteroatoms. The van der Waals surface area contributed by atoms with E-state index in [1.54, 1.807) is 18.4 Å². The number of nitrogens with zero attached hydrogens (tertiary/aromatic N) is 1. The van der Waals surface area contributed by atoms with E-state index in [1.807, 2.05) is 19.1 Å². The molecule has 0 fully saturated rings. The molecule has 0 aliphatic heterocycles. The Bertz CT molecular complexity index is 558. The van der Waals surface area contributed by atoms with E-state index in [0.29, 0.717) is 12.1 Å². The van der Waals surface area contributed by atoms with E-state index in [4.69, 9.17) is 9.68 Å². The first kappa shape index (κ1) is 12.2. The van der Waals surface area contributed by atoms with Crippen molar-refractivity contribution in [2.45, 2.75) is 19.4 Å². The van der Waals surface area contributed by atoms with Gasteiger partial charge in [0.2, 0.25) is 0 Å².